The average molecular weight is 485 g/mol. The maximum Gasteiger partial charge on any atom is 0.255 e. The normalized spacial score (nSPS) is 20.4. The van der Waals surface area contributed by atoms with Crippen LogP contribution in [0.3, 0.4) is 0 Å². The Bertz CT molecular complexity index is 1050. The van der Waals surface area contributed by atoms with Crippen molar-refractivity contribution in [3.63, 3.8) is 0 Å². The van der Waals surface area contributed by atoms with E-state index in [1.54, 1.807) is 0 Å². The lowest BCUT2D eigenvalue weighted by Gasteiger charge is -2.31. The van der Waals surface area contributed by atoms with Crippen LogP contribution in [0.5, 0.6) is 5.75 Å². The fourth-order valence-electron chi connectivity index (χ4n) is 4.92. The third kappa shape index (κ3) is 5.13. The van der Waals surface area contributed by atoms with E-state index in [1.807, 2.05) is 13.1 Å². The lowest BCUT2D eigenvalue weighted by molar-refractivity contribution is -0.116. The predicted octanol–water partition coefficient (Wildman–Crippen LogP) is 4.64. The maximum atomic E-state index is 13.3. The molecule has 4 N–H and O–H groups in total. The fraction of sp³-hybridized carbons (Fsp3) is 0.519. The molecule has 1 aliphatic carbocycles. The molecule has 1 aromatic heterocycles. The van der Waals surface area contributed by atoms with Crippen molar-refractivity contribution in [2.24, 2.45) is 5.92 Å². The van der Waals surface area contributed by atoms with E-state index in [4.69, 9.17) is 4.74 Å². The quantitative estimate of drug-likeness (QED) is 0.461. The van der Waals surface area contributed by atoms with Crippen LogP contribution in [0.2, 0.25) is 0 Å². The molecule has 1 atom stereocenters. The van der Waals surface area contributed by atoms with Crippen LogP contribution in [0.4, 0.5) is 0 Å². The molecule has 1 saturated carbocycles. The van der Waals surface area contributed by atoms with E-state index in [-0.39, 0.29) is 30.4 Å². The Morgan fingerprint density at radius 2 is 1.88 bits per heavy atom. The highest BCUT2D eigenvalue weighted by Gasteiger charge is 2.33. The molecule has 184 valence electrons. The number of carbonyl (C=O) groups excluding carboxylic acids is 1. The first-order valence-corrected chi connectivity index (χ1v) is 12.4. The molecule has 6 nitrogen and oxygen atoms in total. The van der Waals surface area contributed by atoms with Crippen molar-refractivity contribution in [2.75, 3.05) is 19.7 Å². The van der Waals surface area contributed by atoms with Gasteiger partial charge in [0.2, 0.25) is 0 Å². The number of amides is 1. The van der Waals surface area contributed by atoms with Gasteiger partial charge in [0.1, 0.15) is 5.75 Å². The summed E-state index contributed by atoms with van der Waals surface area (Å²) in [5, 5.41) is 10.3. The zero-order valence-corrected chi connectivity index (χ0v) is 21.2. The summed E-state index contributed by atoms with van der Waals surface area (Å²) in [6.07, 6.45) is 6.40. The van der Waals surface area contributed by atoms with Gasteiger partial charge < -0.3 is 25.7 Å². The molecule has 1 aromatic carbocycles. The molecular weight excluding hydrogens is 448 g/mol. The predicted molar refractivity (Wildman–Crippen MR) is 138 cm³/mol. The van der Waals surface area contributed by atoms with Crippen LogP contribution < -0.4 is 20.7 Å². The van der Waals surface area contributed by atoms with E-state index in [9.17, 15) is 4.79 Å². The number of halogens is 1. The number of hydrogen-bond acceptors (Lipinski definition) is 4. The minimum atomic E-state index is -0.0606. The number of hydrogen-bond donors (Lipinski definition) is 4. The number of allylic oxidation sites excluding steroid dienone is 1. The number of piperidine rings is 1. The Hall–Kier alpha value is -2.44. The number of H-pyrrole nitrogens is 1. The van der Waals surface area contributed by atoms with Crippen LogP contribution in [-0.4, -0.2) is 36.6 Å². The average Bonchev–Trinajstić information content (AvgIpc) is 3.52. The highest BCUT2D eigenvalue weighted by molar-refractivity contribution is 6.20. The molecule has 2 fully saturated rings. The third-order valence-electron chi connectivity index (χ3n) is 7.16. The monoisotopic (exact) mass is 484 g/mol. The summed E-state index contributed by atoms with van der Waals surface area (Å²) in [6.45, 7) is 9.12. The molecule has 2 aliphatic heterocycles. The van der Waals surface area contributed by atoms with Gasteiger partial charge >= 0.3 is 0 Å². The zero-order valence-electron chi connectivity index (χ0n) is 20.4. The van der Waals surface area contributed by atoms with Gasteiger partial charge in [-0.2, -0.15) is 0 Å². The molecule has 7 heteroatoms. The highest BCUT2D eigenvalue weighted by Crippen LogP contribution is 2.40. The molecule has 3 heterocycles. The van der Waals surface area contributed by atoms with Gasteiger partial charge in [-0.25, -0.2) is 0 Å². The van der Waals surface area contributed by atoms with Crippen LogP contribution >= 0.6 is 12.4 Å². The molecule has 0 spiro atoms. The van der Waals surface area contributed by atoms with Gasteiger partial charge in [-0.15, -0.1) is 12.4 Å². The fourth-order valence-corrected chi connectivity index (χ4v) is 4.92. The topological polar surface area (TPSA) is 78.2 Å². The van der Waals surface area contributed by atoms with Crippen molar-refractivity contribution >= 4 is 23.9 Å². The second kappa shape index (κ2) is 10.4. The summed E-state index contributed by atoms with van der Waals surface area (Å²) >= 11 is 0. The summed E-state index contributed by atoms with van der Waals surface area (Å²) < 4.78 is 6.30. The molecule has 5 rings (SSSR count). The Morgan fingerprint density at radius 1 is 1.12 bits per heavy atom. The first-order chi connectivity index (χ1) is 16.0. The summed E-state index contributed by atoms with van der Waals surface area (Å²) in [5.41, 5.74) is 6.03. The molecule has 34 heavy (non-hydrogen) atoms. The zero-order chi connectivity index (χ0) is 22.9. The number of nitrogens with one attached hydrogen (secondary N) is 4. The van der Waals surface area contributed by atoms with Gasteiger partial charge in [0, 0.05) is 29.1 Å². The molecule has 0 bridgehead atoms. The first kappa shape index (κ1) is 24.7. The lowest BCUT2D eigenvalue weighted by atomic mass is 9.88. The van der Waals surface area contributed by atoms with E-state index in [0.29, 0.717) is 17.4 Å². The Balaban J connectivity index is 0.00000274. The molecule has 0 radical (unpaired) electrons. The van der Waals surface area contributed by atoms with Gasteiger partial charge in [0.25, 0.3) is 5.91 Å². The molecule has 2 aromatic rings. The molecular formula is C27H37ClN4O2. The number of ether oxygens (including phenoxy) is 1. The smallest absolute Gasteiger partial charge is 0.255 e. The third-order valence-corrected chi connectivity index (χ3v) is 7.16. The second-order valence-corrected chi connectivity index (χ2v) is 10.1. The lowest BCUT2D eigenvalue weighted by Crippen LogP contribution is -2.44. The summed E-state index contributed by atoms with van der Waals surface area (Å²) in [6, 6.07) is 8.82. The van der Waals surface area contributed by atoms with Crippen molar-refractivity contribution in [3.05, 3.63) is 58.5 Å². The first-order valence-electron chi connectivity index (χ1n) is 12.4. The molecule has 1 saturated heterocycles. The number of fused-ring (bicyclic) bond motifs is 1. The van der Waals surface area contributed by atoms with E-state index in [1.165, 1.54) is 18.4 Å². The van der Waals surface area contributed by atoms with Crippen molar-refractivity contribution in [3.8, 4) is 5.75 Å². The minimum absolute atomic E-state index is 0. The number of aromatic nitrogens is 1. The number of benzene rings is 1. The standard InChI is InChI=1S/C27H36N4O2.ClH/c1-16(2)19-6-7-23(33-15-18-4-5-18)22(14-19)25-21-10-13-29-26(21)24(17(3)30-25)27(32)31-20-8-11-28-12-9-20;/h6-7,10,13-14,16,18,20,25,28-30H,4-5,8-9,11-12,15H2,1-3H3,(H,31,32);1H. The Morgan fingerprint density at radius 3 is 2.59 bits per heavy atom. The van der Waals surface area contributed by atoms with Gasteiger partial charge in [-0.3, -0.25) is 4.79 Å². The van der Waals surface area contributed by atoms with E-state index in [2.05, 4.69) is 59.0 Å². The maximum absolute atomic E-state index is 13.3. The number of carbonyl (C=O) groups is 1. The van der Waals surface area contributed by atoms with Gasteiger partial charge in [-0.05, 0) is 81.3 Å². The van der Waals surface area contributed by atoms with Crippen LogP contribution in [0.1, 0.15) is 80.8 Å². The number of aromatic amines is 1. The Kier molecular flexibility index (Phi) is 7.58. The molecule has 3 aliphatic rings. The van der Waals surface area contributed by atoms with Crippen LogP contribution in [-0.2, 0) is 4.79 Å². The Labute approximate surface area is 208 Å². The molecule has 1 amide bonds. The van der Waals surface area contributed by atoms with Crippen molar-refractivity contribution in [1.82, 2.24) is 20.9 Å². The summed E-state index contributed by atoms with van der Waals surface area (Å²) in [7, 11) is 0. The molecule has 1 unspecified atom stereocenters. The van der Waals surface area contributed by atoms with Gasteiger partial charge in [-0.1, -0.05) is 19.9 Å². The van der Waals surface area contributed by atoms with E-state index >= 15 is 0 Å². The SMILES string of the molecule is CC1=C(C(=O)NC2CCNCC2)c2[nH]ccc2C(c2cc(C(C)C)ccc2OCC2CC2)N1.Cl. The number of rotatable bonds is 7. The van der Waals surface area contributed by atoms with Gasteiger partial charge in [0.05, 0.1) is 23.9 Å². The van der Waals surface area contributed by atoms with Crippen LogP contribution in [0.15, 0.2) is 36.2 Å². The summed E-state index contributed by atoms with van der Waals surface area (Å²) in [5.74, 6) is 2.05. The van der Waals surface area contributed by atoms with Crippen LogP contribution in [0.25, 0.3) is 5.57 Å². The minimum Gasteiger partial charge on any atom is -0.493 e. The highest BCUT2D eigenvalue weighted by atomic mass is 35.5. The largest absolute Gasteiger partial charge is 0.493 e. The second-order valence-electron chi connectivity index (χ2n) is 10.1. The van der Waals surface area contributed by atoms with E-state index < -0.39 is 0 Å². The van der Waals surface area contributed by atoms with Crippen molar-refractivity contribution < 1.29 is 9.53 Å². The van der Waals surface area contributed by atoms with Crippen LogP contribution in [0, 0.1) is 5.92 Å². The van der Waals surface area contributed by atoms with E-state index in [0.717, 1.165) is 60.8 Å². The van der Waals surface area contributed by atoms with Gasteiger partial charge in [0.15, 0.2) is 0 Å². The summed E-state index contributed by atoms with van der Waals surface area (Å²) in [4.78, 5) is 16.7. The van der Waals surface area contributed by atoms with Crippen molar-refractivity contribution in [2.45, 2.75) is 64.5 Å². The van der Waals surface area contributed by atoms with Crippen molar-refractivity contribution in [1.29, 1.82) is 0 Å².